The van der Waals surface area contributed by atoms with Crippen LogP contribution in [0.15, 0.2) is 12.2 Å². The molecular weight excluding hydrogens is 186 g/mol. The van der Waals surface area contributed by atoms with Crippen LogP contribution in [0, 0.1) is 23.2 Å². The average molecular weight is 209 g/mol. The quantitative estimate of drug-likeness (QED) is 0.757. The summed E-state index contributed by atoms with van der Waals surface area (Å²) in [5.41, 5.74) is 0.788. The van der Waals surface area contributed by atoms with E-state index in [0.29, 0.717) is 17.8 Å². The number of ether oxygens (including phenoxy) is 1. The van der Waals surface area contributed by atoms with Gasteiger partial charge in [0.2, 0.25) is 0 Å². The van der Waals surface area contributed by atoms with E-state index in [-0.39, 0.29) is 0 Å². The van der Waals surface area contributed by atoms with Crippen molar-refractivity contribution in [1.82, 2.24) is 0 Å². The molecular formula is C13H23NO. The summed E-state index contributed by atoms with van der Waals surface area (Å²) in [7, 11) is 1.73. The minimum Gasteiger partial charge on any atom is -0.385 e. The lowest BCUT2D eigenvalue weighted by atomic mass is 9.83. The highest BCUT2D eigenvalue weighted by Gasteiger charge is 2.24. The molecule has 15 heavy (non-hydrogen) atoms. The van der Waals surface area contributed by atoms with Gasteiger partial charge in [0.05, 0.1) is 0 Å². The minimum absolute atomic E-state index is 0.387. The number of hydrogen-bond acceptors (Lipinski definition) is 2. The lowest BCUT2D eigenvalue weighted by Crippen LogP contribution is -2.21. The van der Waals surface area contributed by atoms with Crippen molar-refractivity contribution in [3.8, 4) is 0 Å². The second-order valence-electron chi connectivity index (χ2n) is 4.58. The highest BCUT2D eigenvalue weighted by Crippen LogP contribution is 2.29. The fraction of sp³-hybridized carbons (Fsp3) is 0.769. The molecule has 1 rings (SSSR count). The third kappa shape index (κ3) is 3.45. The Bertz CT molecular complexity index is 235. The molecule has 0 spiro atoms. The van der Waals surface area contributed by atoms with Gasteiger partial charge in [0.1, 0.15) is 0 Å². The number of hydrogen-bond donors (Lipinski definition) is 1. The molecule has 1 N–H and O–H groups in total. The first kappa shape index (κ1) is 12.4. The van der Waals surface area contributed by atoms with Crippen molar-refractivity contribution in [2.24, 2.45) is 17.8 Å². The van der Waals surface area contributed by atoms with Crippen LogP contribution in [0.3, 0.4) is 0 Å². The highest BCUT2D eigenvalue weighted by molar-refractivity contribution is 5.94. The van der Waals surface area contributed by atoms with Gasteiger partial charge in [-0.15, -0.1) is 0 Å². The molecule has 2 heteroatoms. The van der Waals surface area contributed by atoms with Crippen LogP contribution in [0.4, 0.5) is 0 Å². The molecule has 0 heterocycles. The van der Waals surface area contributed by atoms with Gasteiger partial charge in [-0.2, -0.15) is 0 Å². The molecule has 1 aliphatic carbocycles. The van der Waals surface area contributed by atoms with Crippen molar-refractivity contribution in [3.05, 3.63) is 12.2 Å². The average Bonchev–Trinajstić information content (AvgIpc) is 2.36. The Kier molecular flexibility index (Phi) is 5.03. The highest BCUT2D eigenvalue weighted by atomic mass is 16.5. The van der Waals surface area contributed by atoms with Crippen molar-refractivity contribution < 1.29 is 4.74 Å². The summed E-state index contributed by atoms with van der Waals surface area (Å²) >= 11 is 0. The first-order chi connectivity index (χ1) is 7.19. The predicted molar refractivity (Wildman–Crippen MR) is 64.4 cm³/mol. The predicted octanol–water partition coefficient (Wildman–Crippen LogP) is 3.28. The molecule has 0 aliphatic heterocycles. The van der Waals surface area contributed by atoms with Crippen LogP contribution in [0.1, 0.15) is 33.1 Å². The second kappa shape index (κ2) is 6.06. The normalized spacial score (nSPS) is 31.7. The van der Waals surface area contributed by atoms with Gasteiger partial charge in [0, 0.05) is 25.3 Å². The molecule has 0 aromatic heterocycles. The zero-order valence-electron chi connectivity index (χ0n) is 10.1. The first-order valence-corrected chi connectivity index (χ1v) is 5.94. The summed E-state index contributed by atoms with van der Waals surface area (Å²) in [5.74, 6) is 1.65. The summed E-state index contributed by atoms with van der Waals surface area (Å²) in [6.07, 6.45) is 7.61. The lowest BCUT2D eigenvalue weighted by Gasteiger charge is -2.23. The van der Waals surface area contributed by atoms with E-state index < -0.39 is 0 Å². The third-order valence-corrected chi connectivity index (χ3v) is 3.47. The topological polar surface area (TPSA) is 33.1 Å². The fourth-order valence-electron chi connectivity index (χ4n) is 2.38. The van der Waals surface area contributed by atoms with Crippen molar-refractivity contribution in [3.63, 3.8) is 0 Å². The maximum absolute atomic E-state index is 8.02. The van der Waals surface area contributed by atoms with E-state index in [2.05, 4.69) is 19.9 Å². The monoisotopic (exact) mass is 209 g/mol. The van der Waals surface area contributed by atoms with Crippen molar-refractivity contribution >= 4 is 5.71 Å². The molecule has 0 saturated carbocycles. The molecule has 1 aliphatic rings. The number of rotatable bonds is 4. The molecule has 0 amide bonds. The van der Waals surface area contributed by atoms with Crippen molar-refractivity contribution in [2.75, 3.05) is 13.7 Å². The molecule has 0 radical (unpaired) electrons. The number of allylic oxidation sites excluding steroid dienone is 2. The summed E-state index contributed by atoms with van der Waals surface area (Å²) in [6, 6.07) is 0. The number of methoxy groups -OCH3 is 1. The van der Waals surface area contributed by atoms with Gasteiger partial charge >= 0.3 is 0 Å². The van der Waals surface area contributed by atoms with Gasteiger partial charge in [-0.05, 0) is 37.2 Å². The molecule has 0 aromatic carbocycles. The molecule has 86 valence electrons. The van der Waals surface area contributed by atoms with Crippen molar-refractivity contribution in [1.29, 1.82) is 5.41 Å². The van der Waals surface area contributed by atoms with E-state index >= 15 is 0 Å². The van der Waals surface area contributed by atoms with E-state index in [0.717, 1.165) is 18.7 Å². The Labute approximate surface area is 93.2 Å². The van der Waals surface area contributed by atoms with Gasteiger partial charge in [0.25, 0.3) is 0 Å². The van der Waals surface area contributed by atoms with E-state index in [1.54, 1.807) is 7.11 Å². The van der Waals surface area contributed by atoms with Crippen LogP contribution in [-0.2, 0) is 4.74 Å². The van der Waals surface area contributed by atoms with E-state index in [1.807, 2.05) is 6.08 Å². The molecule has 3 unspecified atom stereocenters. The molecule has 0 saturated heterocycles. The first-order valence-electron chi connectivity index (χ1n) is 5.94. The standard InChI is InChI=1S/C13H23NO/c1-4-11-5-6-13(14)12(7-8-15-3)10(2)9-11/h5-6,10-12,14H,4,7-9H2,1-3H3. The largest absolute Gasteiger partial charge is 0.385 e. The van der Waals surface area contributed by atoms with Gasteiger partial charge in [0.15, 0.2) is 0 Å². The smallest absolute Gasteiger partial charge is 0.0468 e. The molecule has 2 nitrogen and oxygen atoms in total. The summed E-state index contributed by atoms with van der Waals surface area (Å²) in [6.45, 7) is 5.26. The summed E-state index contributed by atoms with van der Waals surface area (Å²) < 4.78 is 5.11. The van der Waals surface area contributed by atoms with Crippen LogP contribution in [0.2, 0.25) is 0 Å². The van der Waals surface area contributed by atoms with Crippen LogP contribution in [0.25, 0.3) is 0 Å². The van der Waals surface area contributed by atoms with E-state index in [4.69, 9.17) is 10.1 Å². The third-order valence-electron chi connectivity index (χ3n) is 3.47. The molecule has 3 atom stereocenters. The van der Waals surface area contributed by atoms with Crippen LogP contribution < -0.4 is 0 Å². The Morgan fingerprint density at radius 1 is 1.53 bits per heavy atom. The second-order valence-corrected chi connectivity index (χ2v) is 4.58. The Morgan fingerprint density at radius 2 is 2.27 bits per heavy atom. The van der Waals surface area contributed by atoms with E-state index in [1.165, 1.54) is 12.8 Å². The minimum atomic E-state index is 0.387. The van der Waals surface area contributed by atoms with Gasteiger partial charge in [-0.3, -0.25) is 0 Å². The molecule has 0 fully saturated rings. The van der Waals surface area contributed by atoms with E-state index in [9.17, 15) is 0 Å². The Balaban J connectivity index is 2.63. The fourth-order valence-corrected chi connectivity index (χ4v) is 2.38. The van der Waals surface area contributed by atoms with Crippen LogP contribution in [0.5, 0.6) is 0 Å². The van der Waals surface area contributed by atoms with Crippen LogP contribution >= 0.6 is 0 Å². The Morgan fingerprint density at radius 3 is 2.87 bits per heavy atom. The zero-order valence-corrected chi connectivity index (χ0v) is 10.1. The van der Waals surface area contributed by atoms with Crippen LogP contribution in [-0.4, -0.2) is 19.4 Å². The molecule has 0 bridgehead atoms. The van der Waals surface area contributed by atoms with Gasteiger partial charge < -0.3 is 10.1 Å². The SMILES string of the molecule is CCC1C=CC(=N)C(CCOC)C(C)C1. The maximum atomic E-state index is 8.02. The molecule has 0 aromatic rings. The van der Waals surface area contributed by atoms with Gasteiger partial charge in [-0.25, -0.2) is 0 Å². The maximum Gasteiger partial charge on any atom is 0.0468 e. The van der Waals surface area contributed by atoms with Crippen molar-refractivity contribution in [2.45, 2.75) is 33.1 Å². The Hall–Kier alpha value is -0.630. The zero-order chi connectivity index (χ0) is 11.3. The number of nitrogens with one attached hydrogen (secondary N) is 1. The van der Waals surface area contributed by atoms with Gasteiger partial charge in [-0.1, -0.05) is 19.9 Å². The lowest BCUT2D eigenvalue weighted by molar-refractivity contribution is 0.175. The summed E-state index contributed by atoms with van der Waals surface area (Å²) in [5, 5.41) is 8.02. The summed E-state index contributed by atoms with van der Waals surface area (Å²) in [4.78, 5) is 0.